The molecule has 12 heteroatoms. The predicted octanol–water partition coefficient (Wildman–Crippen LogP) is 4.50. The molecule has 0 radical (unpaired) electrons. The molecule has 3 saturated heterocycles. The Bertz CT molecular complexity index is 1550. The molecule has 1 saturated carbocycles. The van der Waals surface area contributed by atoms with Crippen LogP contribution in [0.3, 0.4) is 0 Å². The summed E-state index contributed by atoms with van der Waals surface area (Å²) >= 11 is 5.96. The molecule has 43 heavy (non-hydrogen) atoms. The van der Waals surface area contributed by atoms with Crippen molar-refractivity contribution in [2.45, 2.75) is 18.6 Å². The third kappa shape index (κ3) is 6.09. The number of nitrogens with zero attached hydrogens (tertiary/aromatic N) is 3. The number of anilines is 2. The number of likely N-dealkylation sites (tertiary alicyclic amines) is 1. The van der Waals surface area contributed by atoms with Crippen LogP contribution in [0, 0.1) is 23.6 Å². The lowest BCUT2D eigenvalue weighted by Gasteiger charge is -2.24. The predicted molar refractivity (Wildman–Crippen MR) is 155 cm³/mol. The molecule has 1 aromatic heterocycles. The second-order valence-corrected chi connectivity index (χ2v) is 11.9. The first-order valence-electron chi connectivity index (χ1n) is 14.5. The number of hydrogen-bond donors (Lipinski definition) is 1. The number of nitrogens with one attached hydrogen (secondary N) is 1. The molecule has 3 aromatic rings. The first-order chi connectivity index (χ1) is 20.9. The van der Waals surface area contributed by atoms with E-state index in [0.717, 1.165) is 13.2 Å². The Kier molecular flexibility index (Phi) is 8.00. The third-order valence-corrected chi connectivity index (χ3v) is 9.03. The molecule has 0 amide bonds. The van der Waals surface area contributed by atoms with E-state index in [4.69, 9.17) is 30.5 Å². The Labute approximate surface area is 252 Å². The fourth-order valence-electron chi connectivity index (χ4n) is 6.27. The number of ketones is 1. The lowest BCUT2D eigenvalue weighted by molar-refractivity contribution is -0.116. The number of Topliss-reactive ketones (excluding diaryl/α,β-unsaturated/α-hetero) is 1. The van der Waals surface area contributed by atoms with Crippen LogP contribution in [0.1, 0.15) is 5.56 Å². The zero-order valence-corrected chi connectivity index (χ0v) is 24.1. The number of carbonyl (C=O) groups is 1. The SMILES string of the molecule is O=C(Cc1cc2c(Nc3ccc(F)c(Cl)c3)ncnc2cc1OCC1C2COCC21)/C(F)=C\CN1C[C@@H]2OCCO[C@H]2C1. The number of ether oxygens (including phenoxy) is 4. The molecular formula is C31H31ClF2N4O5. The minimum Gasteiger partial charge on any atom is -0.493 e. The van der Waals surface area contributed by atoms with Crippen LogP contribution in [0.4, 0.5) is 20.3 Å². The van der Waals surface area contributed by atoms with Gasteiger partial charge in [-0.3, -0.25) is 9.69 Å². The van der Waals surface area contributed by atoms with Gasteiger partial charge >= 0.3 is 0 Å². The minimum atomic E-state index is -0.805. The lowest BCUT2D eigenvalue weighted by Crippen LogP contribution is -2.36. The normalized spacial score (nSPS) is 26.8. The van der Waals surface area contributed by atoms with Gasteiger partial charge in [0.2, 0.25) is 0 Å². The van der Waals surface area contributed by atoms with Crippen molar-refractivity contribution >= 4 is 39.8 Å². The smallest absolute Gasteiger partial charge is 0.195 e. The Morgan fingerprint density at radius 1 is 1.12 bits per heavy atom. The van der Waals surface area contributed by atoms with Crippen molar-refractivity contribution in [3.05, 3.63) is 65.0 Å². The lowest BCUT2D eigenvalue weighted by atomic mass is 10.0. The average Bonchev–Trinajstić information content (AvgIpc) is 3.31. The number of aromatic nitrogens is 2. The number of benzene rings is 2. The highest BCUT2D eigenvalue weighted by Gasteiger charge is 2.54. The summed E-state index contributed by atoms with van der Waals surface area (Å²) in [5.41, 5.74) is 1.62. The van der Waals surface area contributed by atoms with Gasteiger partial charge < -0.3 is 24.3 Å². The van der Waals surface area contributed by atoms with Crippen LogP contribution >= 0.6 is 11.6 Å². The van der Waals surface area contributed by atoms with Crippen molar-refractivity contribution in [3.63, 3.8) is 0 Å². The Morgan fingerprint density at radius 3 is 2.63 bits per heavy atom. The first kappa shape index (κ1) is 28.5. The van der Waals surface area contributed by atoms with Crippen molar-refractivity contribution in [2.24, 2.45) is 17.8 Å². The Morgan fingerprint density at radius 2 is 1.88 bits per heavy atom. The van der Waals surface area contributed by atoms with Gasteiger partial charge in [-0.25, -0.2) is 18.7 Å². The molecule has 2 unspecified atom stereocenters. The van der Waals surface area contributed by atoms with Crippen LogP contribution in [0.25, 0.3) is 10.9 Å². The Balaban J connectivity index is 1.12. The van der Waals surface area contributed by atoms with Gasteiger partial charge in [0.05, 0.1) is 55.8 Å². The van der Waals surface area contributed by atoms with Crippen LogP contribution in [-0.2, 0) is 25.4 Å². The molecular weight excluding hydrogens is 582 g/mol. The van der Waals surface area contributed by atoms with Crippen LogP contribution in [0.2, 0.25) is 5.02 Å². The van der Waals surface area contributed by atoms with Gasteiger partial charge in [0.15, 0.2) is 11.6 Å². The molecule has 4 heterocycles. The molecule has 1 N–H and O–H groups in total. The van der Waals surface area contributed by atoms with E-state index in [1.54, 1.807) is 18.2 Å². The van der Waals surface area contributed by atoms with Crippen molar-refractivity contribution in [2.75, 3.05) is 58.0 Å². The van der Waals surface area contributed by atoms with Crippen LogP contribution in [0.5, 0.6) is 5.75 Å². The van der Waals surface area contributed by atoms with E-state index >= 15 is 4.39 Å². The second-order valence-electron chi connectivity index (χ2n) is 11.5. The molecule has 0 spiro atoms. The number of allylic oxidation sites excluding steroid dienone is 1. The molecule has 4 atom stereocenters. The summed E-state index contributed by atoms with van der Waals surface area (Å²) in [6, 6.07) is 7.76. The van der Waals surface area contributed by atoms with Gasteiger partial charge in [-0.2, -0.15) is 0 Å². The summed E-state index contributed by atoms with van der Waals surface area (Å²) < 4.78 is 52.1. The van der Waals surface area contributed by atoms with Crippen molar-refractivity contribution < 1.29 is 32.5 Å². The maximum absolute atomic E-state index is 15.2. The molecule has 0 bridgehead atoms. The standard InChI is InChI=1S/C31H31ClF2N4O5/c32-23-9-18(1-2-24(23)33)37-31-19-7-17(8-27(39)25(34)3-4-38-11-29-30(12-38)42-6-5-41-29)28(10-26(19)35-16-36-31)43-15-22-20-13-40-14-21(20)22/h1-3,7,9-10,16,20-22,29-30H,4-6,8,11-15H2,(H,35,36,37)/b25-3+/t20?,21?,22?,29-,30-/m0/s1. The summed E-state index contributed by atoms with van der Waals surface area (Å²) in [5, 5.41) is 3.71. The fourth-order valence-corrected chi connectivity index (χ4v) is 6.45. The molecule has 2 aromatic carbocycles. The van der Waals surface area contributed by atoms with E-state index < -0.39 is 17.4 Å². The second kappa shape index (κ2) is 12.0. The molecule has 4 fully saturated rings. The highest BCUT2D eigenvalue weighted by atomic mass is 35.5. The number of rotatable bonds is 10. The molecule has 226 valence electrons. The summed E-state index contributed by atoms with van der Waals surface area (Å²) in [7, 11) is 0. The van der Waals surface area contributed by atoms with Crippen molar-refractivity contribution in [3.8, 4) is 5.75 Å². The largest absolute Gasteiger partial charge is 0.493 e. The van der Waals surface area contributed by atoms with E-state index in [1.165, 1.54) is 24.5 Å². The maximum atomic E-state index is 15.2. The quantitative estimate of drug-likeness (QED) is 0.332. The van der Waals surface area contributed by atoms with E-state index in [2.05, 4.69) is 15.3 Å². The van der Waals surface area contributed by atoms with Gasteiger partial charge in [0.25, 0.3) is 0 Å². The van der Waals surface area contributed by atoms with E-state index in [-0.39, 0.29) is 30.2 Å². The molecule has 9 nitrogen and oxygen atoms in total. The summed E-state index contributed by atoms with van der Waals surface area (Å²) in [5.74, 6) is 0.307. The van der Waals surface area contributed by atoms with Crippen molar-refractivity contribution in [1.82, 2.24) is 14.9 Å². The van der Waals surface area contributed by atoms with Crippen LogP contribution in [0.15, 0.2) is 48.6 Å². The molecule has 4 aliphatic rings. The van der Waals surface area contributed by atoms with E-state index in [1.807, 2.05) is 4.90 Å². The fraction of sp³-hybridized carbons (Fsp3) is 0.452. The third-order valence-electron chi connectivity index (χ3n) is 8.75. The molecule has 1 aliphatic carbocycles. The topological polar surface area (TPSA) is 95.0 Å². The Hall–Kier alpha value is -3.22. The summed E-state index contributed by atoms with van der Waals surface area (Å²) in [6.45, 7) is 4.63. The number of hydrogen-bond acceptors (Lipinski definition) is 9. The van der Waals surface area contributed by atoms with Gasteiger partial charge in [-0.15, -0.1) is 0 Å². The highest BCUT2D eigenvalue weighted by Crippen LogP contribution is 2.50. The highest BCUT2D eigenvalue weighted by molar-refractivity contribution is 6.31. The maximum Gasteiger partial charge on any atom is 0.195 e. The zero-order valence-electron chi connectivity index (χ0n) is 23.3. The van der Waals surface area contributed by atoms with Crippen LogP contribution < -0.4 is 10.1 Å². The van der Waals surface area contributed by atoms with Crippen LogP contribution in [-0.4, -0.2) is 85.5 Å². The minimum absolute atomic E-state index is 0.0215. The number of fused-ring (bicyclic) bond motifs is 3. The number of halogens is 3. The van der Waals surface area contributed by atoms with E-state index in [0.29, 0.717) is 84.4 Å². The monoisotopic (exact) mass is 612 g/mol. The van der Waals surface area contributed by atoms with Gasteiger partial charge in [-0.05, 0) is 42.2 Å². The van der Waals surface area contributed by atoms with Gasteiger partial charge in [0, 0.05) is 54.7 Å². The zero-order chi connectivity index (χ0) is 29.5. The first-order valence-corrected chi connectivity index (χ1v) is 14.9. The van der Waals surface area contributed by atoms with E-state index in [9.17, 15) is 9.18 Å². The molecule has 7 rings (SSSR count). The van der Waals surface area contributed by atoms with Gasteiger partial charge in [0.1, 0.15) is 23.7 Å². The average molecular weight is 613 g/mol. The number of carbonyl (C=O) groups excluding carboxylic acids is 1. The summed E-state index contributed by atoms with van der Waals surface area (Å²) in [4.78, 5) is 23.9. The molecule has 3 aliphatic heterocycles. The van der Waals surface area contributed by atoms with Gasteiger partial charge in [-0.1, -0.05) is 11.6 Å². The van der Waals surface area contributed by atoms with Crippen molar-refractivity contribution in [1.29, 1.82) is 0 Å². The summed E-state index contributed by atoms with van der Waals surface area (Å²) in [6.07, 6.45) is 2.47.